The van der Waals surface area contributed by atoms with E-state index in [4.69, 9.17) is 5.26 Å². The van der Waals surface area contributed by atoms with Gasteiger partial charge < -0.3 is 0 Å². The van der Waals surface area contributed by atoms with Crippen molar-refractivity contribution in [2.45, 2.75) is 4.90 Å². The van der Waals surface area contributed by atoms with Gasteiger partial charge in [0.05, 0.1) is 21.6 Å². The first kappa shape index (κ1) is 14.6. The standard InChI is InChI=1S/C14H11BrN2O2S/c15-11-17(14-9-5-4-6-12(14)10-16)20(18,19)13-7-2-1-3-8-13/h1-9H,11H2. The Hall–Kier alpha value is -1.84. The average molecular weight is 351 g/mol. The van der Waals surface area contributed by atoms with Crippen molar-refractivity contribution in [3.8, 4) is 6.07 Å². The summed E-state index contributed by atoms with van der Waals surface area (Å²) >= 11 is 3.19. The van der Waals surface area contributed by atoms with E-state index in [1.165, 1.54) is 16.4 Å². The van der Waals surface area contributed by atoms with E-state index in [9.17, 15) is 8.42 Å². The Balaban J connectivity index is 2.56. The van der Waals surface area contributed by atoms with Crippen LogP contribution in [0.4, 0.5) is 5.69 Å². The topological polar surface area (TPSA) is 61.2 Å². The minimum Gasteiger partial charge on any atom is -0.254 e. The Labute approximate surface area is 126 Å². The summed E-state index contributed by atoms with van der Waals surface area (Å²) < 4.78 is 26.4. The van der Waals surface area contributed by atoms with Gasteiger partial charge in [0, 0.05) is 0 Å². The van der Waals surface area contributed by atoms with Gasteiger partial charge >= 0.3 is 0 Å². The molecule has 0 aliphatic heterocycles. The summed E-state index contributed by atoms with van der Waals surface area (Å²) in [5, 5.41) is 9.11. The molecule has 0 radical (unpaired) electrons. The van der Waals surface area contributed by atoms with Gasteiger partial charge in [0.2, 0.25) is 0 Å². The molecular formula is C14H11BrN2O2S. The zero-order valence-electron chi connectivity index (χ0n) is 10.4. The molecule has 0 bridgehead atoms. The van der Waals surface area contributed by atoms with E-state index in [2.05, 4.69) is 15.9 Å². The van der Waals surface area contributed by atoms with E-state index in [0.29, 0.717) is 11.3 Å². The fourth-order valence-electron chi connectivity index (χ4n) is 1.76. The number of benzene rings is 2. The molecular weight excluding hydrogens is 340 g/mol. The summed E-state index contributed by atoms with van der Waals surface area (Å²) in [6, 6.07) is 16.7. The molecule has 0 amide bonds. The van der Waals surface area contributed by atoms with Crippen molar-refractivity contribution in [1.82, 2.24) is 0 Å². The van der Waals surface area contributed by atoms with Crippen LogP contribution in [0.25, 0.3) is 0 Å². The van der Waals surface area contributed by atoms with E-state index in [1.54, 1.807) is 42.5 Å². The molecule has 4 nitrogen and oxygen atoms in total. The van der Waals surface area contributed by atoms with E-state index in [-0.39, 0.29) is 10.3 Å². The molecule has 0 unspecified atom stereocenters. The maximum Gasteiger partial charge on any atom is 0.265 e. The van der Waals surface area contributed by atoms with Crippen LogP contribution in [0.3, 0.4) is 0 Å². The zero-order chi connectivity index (χ0) is 14.6. The second-order valence-electron chi connectivity index (χ2n) is 3.92. The molecule has 0 atom stereocenters. The van der Waals surface area contributed by atoms with Crippen molar-refractivity contribution in [2.75, 3.05) is 9.76 Å². The number of rotatable bonds is 4. The first-order valence-corrected chi connectivity index (χ1v) is 8.30. The first-order chi connectivity index (χ1) is 9.61. The predicted octanol–water partition coefficient (Wildman–Crippen LogP) is 3.11. The van der Waals surface area contributed by atoms with Gasteiger partial charge in [0.15, 0.2) is 0 Å². The molecule has 0 aromatic heterocycles. The third-order valence-corrected chi connectivity index (χ3v) is 5.34. The van der Waals surface area contributed by atoms with Crippen LogP contribution in [-0.4, -0.2) is 13.9 Å². The molecule has 0 aliphatic carbocycles. The van der Waals surface area contributed by atoms with Gasteiger partial charge in [-0.05, 0) is 24.3 Å². The van der Waals surface area contributed by atoms with Gasteiger partial charge in [-0.15, -0.1) is 0 Å². The van der Waals surface area contributed by atoms with E-state index < -0.39 is 10.0 Å². The van der Waals surface area contributed by atoms with Crippen molar-refractivity contribution in [1.29, 1.82) is 5.26 Å². The Morgan fingerprint density at radius 3 is 2.25 bits per heavy atom. The van der Waals surface area contributed by atoms with Crippen LogP contribution in [0, 0.1) is 11.3 Å². The molecule has 0 spiro atoms. The van der Waals surface area contributed by atoms with Crippen molar-refractivity contribution in [2.24, 2.45) is 0 Å². The highest BCUT2D eigenvalue weighted by Gasteiger charge is 2.25. The van der Waals surface area contributed by atoms with E-state index >= 15 is 0 Å². The highest BCUT2D eigenvalue weighted by atomic mass is 79.9. The smallest absolute Gasteiger partial charge is 0.254 e. The molecule has 0 heterocycles. The number of sulfonamides is 1. The molecule has 0 saturated heterocycles. The van der Waals surface area contributed by atoms with Gasteiger partial charge in [0.25, 0.3) is 10.0 Å². The molecule has 20 heavy (non-hydrogen) atoms. The largest absolute Gasteiger partial charge is 0.265 e. The van der Waals surface area contributed by atoms with E-state index in [0.717, 1.165) is 0 Å². The summed E-state index contributed by atoms with van der Waals surface area (Å²) in [4.78, 5) is 0.187. The second-order valence-corrected chi connectivity index (χ2v) is 6.28. The number of nitriles is 1. The number of alkyl halides is 1. The third-order valence-electron chi connectivity index (χ3n) is 2.73. The minimum atomic E-state index is -3.70. The summed E-state index contributed by atoms with van der Waals surface area (Å²) in [5.41, 5.74) is 0.741. The lowest BCUT2D eigenvalue weighted by atomic mass is 10.2. The number of nitrogens with zero attached hydrogens (tertiary/aromatic N) is 2. The van der Waals surface area contributed by atoms with Crippen molar-refractivity contribution in [3.63, 3.8) is 0 Å². The Kier molecular flexibility index (Phi) is 4.42. The molecule has 0 aliphatic rings. The highest BCUT2D eigenvalue weighted by Crippen LogP contribution is 2.27. The number of halogens is 1. The molecule has 0 N–H and O–H groups in total. The third kappa shape index (κ3) is 2.69. The maximum atomic E-state index is 12.6. The lowest BCUT2D eigenvalue weighted by molar-refractivity contribution is 0.594. The second kappa shape index (κ2) is 6.07. The number of hydrogen-bond donors (Lipinski definition) is 0. The lowest BCUT2D eigenvalue weighted by Gasteiger charge is -2.22. The molecule has 2 aromatic carbocycles. The van der Waals surface area contributed by atoms with Gasteiger partial charge in [-0.2, -0.15) is 5.26 Å². The lowest BCUT2D eigenvalue weighted by Crippen LogP contribution is -2.30. The monoisotopic (exact) mass is 350 g/mol. The van der Waals surface area contributed by atoms with Crippen LogP contribution in [0.1, 0.15) is 5.56 Å². The molecule has 2 aromatic rings. The van der Waals surface area contributed by atoms with Crippen LogP contribution in [0.5, 0.6) is 0 Å². The fraction of sp³-hybridized carbons (Fsp3) is 0.0714. The normalized spacial score (nSPS) is 10.8. The number of para-hydroxylation sites is 1. The van der Waals surface area contributed by atoms with Crippen LogP contribution >= 0.6 is 15.9 Å². The van der Waals surface area contributed by atoms with Crippen molar-refractivity contribution >= 4 is 31.6 Å². The molecule has 2 rings (SSSR count). The predicted molar refractivity (Wildman–Crippen MR) is 81.1 cm³/mol. The minimum absolute atomic E-state index is 0.0723. The van der Waals surface area contributed by atoms with Crippen LogP contribution < -0.4 is 4.31 Å². The quantitative estimate of drug-likeness (QED) is 0.628. The van der Waals surface area contributed by atoms with Gasteiger partial charge in [-0.3, -0.25) is 4.31 Å². The number of hydrogen-bond acceptors (Lipinski definition) is 3. The van der Waals surface area contributed by atoms with Crippen LogP contribution in [-0.2, 0) is 10.0 Å². The molecule has 102 valence electrons. The van der Waals surface area contributed by atoms with Crippen molar-refractivity contribution < 1.29 is 8.42 Å². The SMILES string of the molecule is N#Cc1ccccc1N(CBr)S(=O)(=O)c1ccccc1. The van der Waals surface area contributed by atoms with Crippen molar-refractivity contribution in [3.05, 3.63) is 60.2 Å². The van der Waals surface area contributed by atoms with Crippen LogP contribution in [0.15, 0.2) is 59.5 Å². The average Bonchev–Trinajstić information content (AvgIpc) is 2.49. The summed E-state index contributed by atoms with van der Waals surface area (Å²) in [5.74, 6) is 0. The van der Waals surface area contributed by atoms with Gasteiger partial charge in [-0.1, -0.05) is 46.3 Å². The molecule has 6 heteroatoms. The summed E-state index contributed by atoms with van der Waals surface area (Å²) in [6.07, 6.45) is 0. The first-order valence-electron chi connectivity index (χ1n) is 5.74. The van der Waals surface area contributed by atoms with Crippen LogP contribution in [0.2, 0.25) is 0 Å². The maximum absolute atomic E-state index is 12.6. The summed E-state index contributed by atoms with van der Waals surface area (Å²) in [6.45, 7) is 0. The van der Waals surface area contributed by atoms with Gasteiger partial charge in [-0.25, -0.2) is 8.42 Å². The number of anilines is 1. The Bertz CT molecular complexity index is 739. The fourth-order valence-corrected chi connectivity index (χ4v) is 4.14. The molecule has 0 saturated carbocycles. The highest BCUT2D eigenvalue weighted by molar-refractivity contribution is 9.09. The summed E-state index contributed by atoms with van der Waals surface area (Å²) in [7, 11) is -3.70. The molecule has 0 fully saturated rings. The van der Waals surface area contributed by atoms with E-state index in [1.807, 2.05) is 6.07 Å². The Morgan fingerprint density at radius 2 is 1.65 bits per heavy atom. The Morgan fingerprint density at radius 1 is 1.05 bits per heavy atom. The zero-order valence-corrected chi connectivity index (χ0v) is 12.8. The van der Waals surface area contributed by atoms with Gasteiger partial charge in [0.1, 0.15) is 6.07 Å².